The van der Waals surface area contributed by atoms with Gasteiger partial charge in [0.2, 0.25) is 0 Å². The summed E-state index contributed by atoms with van der Waals surface area (Å²) in [4.78, 5) is 12.5. The van der Waals surface area contributed by atoms with E-state index in [2.05, 4.69) is 35.5 Å². The van der Waals surface area contributed by atoms with Gasteiger partial charge in [-0.25, -0.2) is 0 Å². The molecule has 0 spiro atoms. The fourth-order valence-electron chi connectivity index (χ4n) is 1.27. The third-order valence-corrected chi connectivity index (χ3v) is 2.94. The largest absolute Gasteiger partial charge is 0.294 e. The SMILES string of the molecule is CCc1cc(C(=O)CCBr)ccc1S. The van der Waals surface area contributed by atoms with Crippen LogP contribution in [0.25, 0.3) is 0 Å². The van der Waals surface area contributed by atoms with Crippen LogP contribution in [-0.2, 0) is 6.42 Å². The van der Waals surface area contributed by atoms with Gasteiger partial charge < -0.3 is 0 Å². The number of ketones is 1. The van der Waals surface area contributed by atoms with Gasteiger partial charge in [-0.1, -0.05) is 28.9 Å². The third-order valence-electron chi connectivity index (χ3n) is 2.10. The van der Waals surface area contributed by atoms with Crippen LogP contribution in [0.15, 0.2) is 23.1 Å². The van der Waals surface area contributed by atoms with Crippen LogP contribution in [0.3, 0.4) is 0 Å². The summed E-state index contributed by atoms with van der Waals surface area (Å²) in [6.45, 7) is 2.06. The van der Waals surface area contributed by atoms with Gasteiger partial charge in [0.15, 0.2) is 5.78 Å². The number of hydrogen-bond acceptors (Lipinski definition) is 2. The molecule has 0 heterocycles. The first-order chi connectivity index (χ1) is 6.69. The van der Waals surface area contributed by atoms with Crippen molar-refractivity contribution in [3.8, 4) is 0 Å². The van der Waals surface area contributed by atoms with Crippen LogP contribution in [0.2, 0.25) is 0 Å². The number of benzene rings is 1. The molecule has 0 fully saturated rings. The molecule has 3 heteroatoms. The van der Waals surface area contributed by atoms with Crippen molar-refractivity contribution in [3.63, 3.8) is 0 Å². The molecule has 0 N–H and O–H groups in total. The lowest BCUT2D eigenvalue weighted by Gasteiger charge is -2.04. The number of aryl methyl sites for hydroxylation is 1. The summed E-state index contributed by atoms with van der Waals surface area (Å²) in [6.07, 6.45) is 1.46. The van der Waals surface area contributed by atoms with E-state index in [1.165, 1.54) is 0 Å². The van der Waals surface area contributed by atoms with E-state index in [1.807, 2.05) is 18.2 Å². The topological polar surface area (TPSA) is 17.1 Å². The first-order valence-corrected chi connectivity index (χ1v) is 6.17. The molecule has 0 aliphatic heterocycles. The molecular formula is C11H13BrOS. The Labute approximate surface area is 98.4 Å². The van der Waals surface area contributed by atoms with Crippen molar-refractivity contribution < 1.29 is 4.79 Å². The van der Waals surface area contributed by atoms with Gasteiger partial charge in [0.05, 0.1) is 0 Å². The number of hydrogen-bond donors (Lipinski definition) is 1. The van der Waals surface area contributed by atoms with Crippen molar-refractivity contribution in [2.24, 2.45) is 0 Å². The Morgan fingerprint density at radius 2 is 2.21 bits per heavy atom. The van der Waals surface area contributed by atoms with E-state index >= 15 is 0 Å². The fraction of sp³-hybridized carbons (Fsp3) is 0.364. The molecule has 1 aromatic rings. The zero-order valence-corrected chi connectivity index (χ0v) is 10.6. The summed E-state index contributed by atoms with van der Waals surface area (Å²) in [6, 6.07) is 5.67. The summed E-state index contributed by atoms with van der Waals surface area (Å²) >= 11 is 7.59. The molecule has 0 aliphatic carbocycles. The lowest BCUT2D eigenvalue weighted by Crippen LogP contribution is -2.00. The zero-order chi connectivity index (χ0) is 10.6. The van der Waals surface area contributed by atoms with Crippen molar-refractivity contribution in [3.05, 3.63) is 29.3 Å². The summed E-state index contributed by atoms with van der Waals surface area (Å²) in [7, 11) is 0. The Kier molecular flexibility index (Phi) is 4.69. The average molecular weight is 273 g/mol. The van der Waals surface area contributed by atoms with Crippen LogP contribution in [0, 0.1) is 0 Å². The normalized spacial score (nSPS) is 10.2. The summed E-state index contributed by atoms with van der Waals surface area (Å²) in [5.41, 5.74) is 1.92. The Hall–Kier alpha value is -0.280. The molecule has 14 heavy (non-hydrogen) atoms. The molecule has 0 aromatic heterocycles. The summed E-state index contributed by atoms with van der Waals surface area (Å²) in [5.74, 6) is 0.185. The highest BCUT2D eigenvalue weighted by molar-refractivity contribution is 9.09. The van der Waals surface area contributed by atoms with Gasteiger partial charge >= 0.3 is 0 Å². The van der Waals surface area contributed by atoms with Crippen molar-refractivity contribution in [1.82, 2.24) is 0 Å². The van der Waals surface area contributed by atoms with Crippen molar-refractivity contribution >= 4 is 34.3 Å². The van der Waals surface area contributed by atoms with Gasteiger partial charge in [-0.3, -0.25) is 4.79 Å². The van der Waals surface area contributed by atoms with E-state index in [0.29, 0.717) is 6.42 Å². The molecule has 0 saturated heterocycles. The quantitative estimate of drug-likeness (QED) is 0.504. The number of alkyl halides is 1. The molecule has 0 saturated carbocycles. The molecule has 1 rings (SSSR count). The van der Waals surface area contributed by atoms with Crippen LogP contribution in [0.5, 0.6) is 0 Å². The smallest absolute Gasteiger partial charge is 0.163 e. The standard InChI is InChI=1S/C11H13BrOS/c1-2-8-7-9(3-4-11(8)14)10(13)5-6-12/h3-4,7,14H,2,5-6H2,1H3. The van der Waals surface area contributed by atoms with E-state index in [0.717, 1.165) is 27.8 Å². The number of halogens is 1. The minimum absolute atomic E-state index is 0.185. The molecule has 0 atom stereocenters. The molecule has 0 aliphatic rings. The van der Waals surface area contributed by atoms with Gasteiger partial charge in [0.1, 0.15) is 0 Å². The second-order valence-corrected chi connectivity index (χ2v) is 4.33. The highest BCUT2D eigenvalue weighted by atomic mass is 79.9. The summed E-state index contributed by atoms with van der Waals surface area (Å²) < 4.78 is 0. The van der Waals surface area contributed by atoms with Gasteiger partial charge in [0.25, 0.3) is 0 Å². The molecule has 0 radical (unpaired) electrons. The number of carbonyl (C=O) groups is 1. The molecular weight excluding hydrogens is 260 g/mol. The first-order valence-electron chi connectivity index (χ1n) is 4.60. The lowest BCUT2D eigenvalue weighted by molar-refractivity contribution is 0.0989. The molecule has 1 nitrogen and oxygen atoms in total. The molecule has 76 valence electrons. The monoisotopic (exact) mass is 272 g/mol. The summed E-state index contributed by atoms with van der Waals surface area (Å²) in [5, 5.41) is 0.718. The fourth-order valence-corrected chi connectivity index (χ4v) is 1.93. The molecule has 1 aromatic carbocycles. The van der Waals surface area contributed by atoms with Gasteiger partial charge in [-0.05, 0) is 24.1 Å². The van der Waals surface area contributed by atoms with Crippen LogP contribution in [0.4, 0.5) is 0 Å². The zero-order valence-electron chi connectivity index (χ0n) is 8.09. The average Bonchev–Trinajstić information content (AvgIpc) is 2.19. The third kappa shape index (κ3) is 2.85. The van der Waals surface area contributed by atoms with Gasteiger partial charge in [-0.15, -0.1) is 12.6 Å². The Morgan fingerprint density at radius 1 is 1.50 bits per heavy atom. The number of thiol groups is 1. The van der Waals surface area contributed by atoms with Crippen molar-refractivity contribution in [1.29, 1.82) is 0 Å². The van der Waals surface area contributed by atoms with Crippen LogP contribution >= 0.6 is 28.6 Å². The maximum Gasteiger partial charge on any atom is 0.163 e. The highest BCUT2D eigenvalue weighted by Gasteiger charge is 2.06. The minimum Gasteiger partial charge on any atom is -0.294 e. The first kappa shape index (κ1) is 11.8. The van der Waals surface area contributed by atoms with E-state index in [9.17, 15) is 4.79 Å². The minimum atomic E-state index is 0.185. The molecule has 0 amide bonds. The maximum atomic E-state index is 11.6. The van der Waals surface area contributed by atoms with E-state index in [-0.39, 0.29) is 5.78 Å². The van der Waals surface area contributed by atoms with Crippen molar-refractivity contribution in [2.45, 2.75) is 24.7 Å². The predicted molar refractivity (Wildman–Crippen MR) is 65.8 cm³/mol. The predicted octanol–water partition coefficient (Wildman–Crippen LogP) is 3.51. The Bertz CT molecular complexity index is 336. The highest BCUT2D eigenvalue weighted by Crippen LogP contribution is 2.17. The maximum absolute atomic E-state index is 11.6. The van der Waals surface area contributed by atoms with Crippen LogP contribution < -0.4 is 0 Å². The number of rotatable bonds is 4. The van der Waals surface area contributed by atoms with Crippen LogP contribution in [-0.4, -0.2) is 11.1 Å². The van der Waals surface area contributed by atoms with E-state index < -0.39 is 0 Å². The number of Topliss-reactive ketones (excluding diaryl/α,β-unsaturated/α-hetero) is 1. The Morgan fingerprint density at radius 3 is 2.79 bits per heavy atom. The van der Waals surface area contributed by atoms with Gasteiger partial charge in [0, 0.05) is 22.2 Å². The molecule has 0 unspecified atom stereocenters. The van der Waals surface area contributed by atoms with Gasteiger partial charge in [-0.2, -0.15) is 0 Å². The molecule has 0 bridgehead atoms. The second-order valence-electron chi connectivity index (χ2n) is 3.06. The van der Waals surface area contributed by atoms with E-state index in [1.54, 1.807) is 0 Å². The Balaban J connectivity index is 2.94. The van der Waals surface area contributed by atoms with Crippen LogP contribution in [0.1, 0.15) is 29.3 Å². The number of carbonyl (C=O) groups excluding carboxylic acids is 1. The van der Waals surface area contributed by atoms with E-state index in [4.69, 9.17) is 0 Å². The second kappa shape index (κ2) is 5.56. The lowest BCUT2D eigenvalue weighted by atomic mass is 10.0. The van der Waals surface area contributed by atoms with Crippen molar-refractivity contribution in [2.75, 3.05) is 5.33 Å².